The number of morpholine rings is 1. The number of nitrogens with zero attached hydrogens (tertiary/aromatic N) is 6. The molecule has 2 aromatic heterocycles. The highest BCUT2D eigenvalue weighted by Crippen LogP contribution is 2.33. The van der Waals surface area contributed by atoms with Crippen LogP contribution in [0.25, 0.3) is 11.4 Å². The summed E-state index contributed by atoms with van der Waals surface area (Å²) in [5, 5.41) is 6.65. The van der Waals surface area contributed by atoms with Crippen LogP contribution in [0.1, 0.15) is 52.3 Å². The molecule has 4 unspecified atom stereocenters. The van der Waals surface area contributed by atoms with Crippen LogP contribution >= 0.6 is 0 Å². The number of rotatable bonds is 8. The molecule has 4 atom stereocenters. The van der Waals surface area contributed by atoms with Gasteiger partial charge in [0.25, 0.3) is 0 Å². The molecular formula is C33H42N8O3. The number of carbonyl (C=O) groups is 2. The van der Waals surface area contributed by atoms with E-state index in [1.54, 1.807) is 12.4 Å². The molecule has 3 aliphatic rings. The van der Waals surface area contributed by atoms with Gasteiger partial charge in [0.2, 0.25) is 17.5 Å². The minimum atomic E-state index is -0.587. The monoisotopic (exact) mass is 598 g/mol. The average molecular weight is 599 g/mol. The van der Waals surface area contributed by atoms with Crippen LogP contribution < -0.4 is 20.4 Å². The molecule has 0 amide bonds. The molecule has 2 N–H and O–H groups in total. The van der Waals surface area contributed by atoms with E-state index in [0.717, 1.165) is 48.7 Å². The quantitative estimate of drug-likeness (QED) is 0.371. The van der Waals surface area contributed by atoms with Crippen molar-refractivity contribution in [3.63, 3.8) is 0 Å². The molecule has 1 aromatic carbocycles. The second-order valence-electron chi connectivity index (χ2n) is 13.4. The number of benzene rings is 1. The van der Waals surface area contributed by atoms with Gasteiger partial charge in [0, 0.05) is 48.3 Å². The largest absolute Gasteiger partial charge is 0.377 e. The summed E-state index contributed by atoms with van der Waals surface area (Å²) in [6.07, 6.45) is 5.22. The minimum Gasteiger partial charge on any atom is -0.377 e. The summed E-state index contributed by atoms with van der Waals surface area (Å²) >= 11 is 0. The molecule has 4 heterocycles. The first-order valence-corrected chi connectivity index (χ1v) is 15.5. The summed E-state index contributed by atoms with van der Waals surface area (Å²) in [4.78, 5) is 48.5. The maximum Gasteiger partial charge on any atom is 0.225 e. The van der Waals surface area contributed by atoms with E-state index in [1.807, 2.05) is 30.3 Å². The van der Waals surface area contributed by atoms with Crippen LogP contribution in [0.2, 0.25) is 0 Å². The first kappa shape index (κ1) is 30.1. The zero-order valence-corrected chi connectivity index (χ0v) is 26.2. The van der Waals surface area contributed by atoms with Crippen LogP contribution in [0.4, 0.5) is 17.5 Å². The first-order valence-electron chi connectivity index (χ1n) is 15.5. The van der Waals surface area contributed by atoms with E-state index in [2.05, 4.69) is 65.0 Å². The van der Waals surface area contributed by atoms with E-state index in [9.17, 15) is 9.59 Å². The topological polar surface area (TPSA) is 125 Å². The van der Waals surface area contributed by atoms with Crippen molar-refractivity contribution in [2.75, 3.05) is 41.4 Å². The van der Waals surface area contributed by atoms with E-state index in [0.29, 0.717) is 31.5 Å². The van der Waals surface area contributed by atoms with Crippen LogP contribution in [0.15, 0.2) is 42.7 Å². The summed E-state index contributed by atoms with van der Waals surface area (Å²) in [7, 11) is 0. The molecule has 1 saturated heterocycles. The van der Waals surface area contributed by atoms with Crippen molar-refractivity contribution >= 4 is 29.0 Å². The fraction of sp³-hybridized carbons (Fsp3) is 0.515. The van der Waals surface area contributed by atoms with Crippen molar-refractivity contribution in [3.05, 3.63) is 54.0 Å². The van der Waals surface area contributed by atoms with Gasteiger partial charge < -0.3 is 25.2 Å². The normalized spacial score (nSPS) is 22.8. The van der Waals surface area contributed by atoms with E-state index in [1.165, 1.54) is 5.56 Å². The zero-order valence-electron chi connectivity index (χ0n) is 26.2. The van der Waals surface area contributed by atoms with Gasteiger partial charge in [-0.3, -0.25) is 9.59 Å². The van der Waals surface area contributed by atoms with Crippen LogP contribution in [-0.4, -0.2) is 82.0 Å². The number of fused-ring (bicyclic) bond motifs is 1. The number of nitrogens with one attached hydrogen (secondary N) is 2. The Balaban J connectivity index is 1.24. The molecule has 232 valence electrons. The molecule has 1 aliphatic carbocycles. The highest BCUT2D eigenvalue weighted by molar-refractivity contribution is 6.49. The lowest BCUT2D eigenvalue weighted by Crippen LogP contribution is -2.68. The Hall–Kier alpha value is -3.96. The van der Waals surface area contributed by atoms with Crippen LogP contribution in [0.3, 0.4) is 0 Å². The lowest BCUT2D eigenvalue weighted by Gasteiger charge is -2.38. The SMILES string of the molecule is CC(CC(C)(C)C)NC1C(=O)C(=O)C1Nc1ccc(-c2nc3c(c(N4CCOCC4C)n2)CCN(c2ncccn2)C3)cc1. The maximum absolute atomic E-state index is 12.5. The highest BCUT2D eigenvalue weighted by atomic mass is 16.5. The number of ether oxygens (including phenoxy) is 1. The fourth-order valence-corrected chi connectivity index (χ4v) is 6.46. The predicted octanol–water partition coefficient (Wildman–Crippen LogP) is 3.44. The van der Waals surface area contributed by atoms with Crippen molar-refractivity contribution in [3.8, 4) is 11.4 Å². The predicted molar refractivity (Wildman–Crippen MR) is 170 cm³/mol. The standard InChI is InChI=1S/C33H42N8O3/c1-20(17-33(3,4)5)36-26-27(29(43)28(26)42)37-23-9-7-22(8-10-23)30-38-25-18-40(32-34-12-6-13-35-32)14-11-24(25)31(39-30)41-15-16-44-19-21(41)2/h6-10,12-13,20-21,26-27,36-37H,11,14-19H2,1-5H3. The summed E-state index contributed by atoms with van der Waals surface area (Å²) in [5.74, 6) is 1.56. The minimum absolute atomic E-state index is 0.109. The number of aromatic nitrogens is 4. The van der Waals surface area contributed by atoms with Crippen molar-refractivity contribution in [2.24, 2.45) is 5.41 Å². The maximum atomic E-state index is 12.5. The van der Waals surface area contributed by atoms with Crippen LogP contribution in [-0.2, 0) is 27.3 Å². The van der Waals surface area contributed by atoms with E-state index in [-0.39, 0.29) is 29.1 Å². The van der Waals surface area contributed by atoms with Crippen molar-refractivity contribution in [1.29, 1.82) is 0 Å². The molecule has 3 aromatic rings. The second kappa shape index (κ2) is 12.2. The van der Waals surface area contributed by atoms with Crippen molar-refractivity contribution in [1.82, 2.24) is 25.3 Å². The number of hydrogen-bond acceptors (Lipinski definition) is 11. The first-order chi connectivity index (χ1) is 21.1. The van der Waals surface area contributed by atoms with E-state index in [4.69, 9.17) is 14.7 Å². The third-order valence-corrected chi connectivity index (χ3v) is 8.51. The Morgan fingerprint density at radius 3 is 2.45 bits per heavy atom. The Bertz CT molecular complexity index is 1510. The molecule has 2 fully saturated rings. The van der Waals surface area contributed by atoms with E-state index >= 15 is 0 Å². The molecule has 0 bridgehead atoms. The van der Waals surface area contributed by atoms with Gasteiger partial charge in [-0.1, -0.05) is 20.8 Å². The molecule has 1 saturated carbocycles. The lowest BCUT2D eigenvalue weighted by molar-refractivity contribution is -0.145. The zero-order chi connectivity index (χ0) is 31.0. The third kappa shape index (κ3) is 6.30. The Morgan fingerprint density at radius 2 is 1.75 bits per heavy atom. The van der Waals surface area contributed by atoms with Crippen molar-refractivity contribution in [2.45, 2.75) is 78.2 Å². The summed E-state index contributed by atoms with van der Waals surface area (Å²) in [6, 6.07) is 8.79. The number of ketones is 2. The smallest absolute Gasteiger partial charge is 0.225 e. The second-order valence-corrected chi connectivity index (χ2v) is 13.4. The molecule has 2 aliphatic heterocycles. The molecule has 11 nitrogen and oxygen atoms in total. The summed E-state index contributed by atoms with van der Waals surface area (Å²) in [6.45, 7) is 14.2. The number of hydrogen-bond donors (Lipinski definition) is 2. The molecule has 11 heteroatoms. The number of Topliss-reactive ketones (excluding diaryl/α,β-unsaturated/α-hetero) is 2. The van der Waals surface area contributed by atoms with Gasteiger partial charge in [-0.2, -0.15) is 0 Å². The van der Waals surface area contributed by atoms with Gasteiger partial charge in [0.05, 0.1) is 31.5 Å². The lowest BCUT2D eigenvalue weighted by atomic mass is 9.81. The molecule has 0 spiro atoms. The van der Waals surface area contributed by atoms with Crippen LogP contribution in [0, 0.1) is 5.41 Å². The van der Waals surface area contributed by atoms with Gasteiger partial charge in [0.15, 0.2) is 5.82 Å². The fourth-order valence-electron chi connectivity index (χ4n) is 6.46. The van der Waals surface area contributed by atoms with Crippen LogP contribution in [0.5, 0.6) is 0 Å². The van der Waals surface area contributed by atoms with Gasteiger partial charge in [0.1, 0.15) is 17.9 Å². The Labute approximate surface area is 258 Å². The number of carbonyl (C=O) groups excluding carboxylic acids is 2. The summed E-state index contributed by atoms with van der Waals surface area (Å²) in [5.41, 5.74) is 3.90. The van der Waals surface area contributed by atoms with Gasteiger partial charge in [-0.15, -0.1) is 0 Å². The summed E-state index contributed by atoms with van der Waals surface area (Å²) < 4.78 is 5.72. The average Bonchev–Trinajstić information content (AvgIpc) is 3.02. The van der Waals surface area contributed by atoms with Gasteiger partial charge >= 0.3 is 0 Å². The van der Waals surface area contributed by atoms with Gasteiger partial charge in [-0.05, 0) is 62.4 Å². The molecule has 44 heavy (non-hydrogen) atoms. The van der Waals surface area contributed by atoms with Gasteiger partial charge in [-0.25, -0.2) is 19.9 Å². The third-order valence-electron chi connectivity index (χ3n) is 8.51. The molecule has 6 rings (SSSR count). The number of anilines is 3. The Kier molecular flexibility index (Phi) is 8.34. The highest BCUT2D eigenvalue weighted by Gasteiger charge is 2.49. The molecular weight excluding hydrogens is 556 g/mol. The van der Waals surface area contributed by atoms with E-state index < -0.39 is 12.1 Å². The Morgan fingerprint density at radius 1 is 1.02 bits per heavy atom. The molecule has 0 radical (unpaired) electrons. The van der Waals surface area contributed by atoms with Crippen molar-refractivity contribution < 1.29 is 14.3 Å².